The number of benzene rings is 1. The Bertz CT molecular complexity index is 817. The quantitative estimate of drug-likeness (QED) is 0.841. The van der Waals surface area contributed by atoms with Crippen molar-refractivity contribution >= 4 is 27.3 Å². The number of aromatic nitrogens is 1. The highest BCUT2D eigenvalue weighted by Gasteiger charge is 2.21. The summed E-state index contributed by atoms with van der Waals surface area (Å²) in [4.78, 5) is 16.2. The van der Waals surface area contributed by atoms with Crippen LogP contribution >= 0.6 is 0 Å². The summed E-state index contributed by atoms with van der Waals surface area (Å²) in [7, 11) is -3.62. The summed E-state index contributed by atoms with van der Waals surface area (Å²) in [6.45, 7) is 5.32. The Morgan fingerprint density at radius 2 is 1.79 bits per heavy atom. The molecule has 2 aromatic rings. The Labute approximate surface area is 142 Å². The highest BCUT2D eigenvalue weighted by atomic mass is 32.2. The number of sulfonamides is 1. The second-order valence-corrected chi connectivity index (χ2v) is 7.59. The smallest absolute Gasteiger partial charge is 0.233 e. The number of nitrogens with zero attached hydrogens (tertiary/aromatic N) is 1. The minimum atomic E-state index is -3.62. The van der Waals surface area contributed by atoms with Crippen molar-refractivity contribution < 1.29 is 13.2 Å². The third-order valence-corrected chi connectivity index (χ3v) is 4.89. The number of nitrogens with one attached hydrogen (secondary N) is 2. The van der Waals surface area contributed by atoms with Crippen molar-refractivity contribution in [1.82, 2.24) is 4.98 Å². The number of amides is 1. The summed E-state index contributed by atoms with van der Waals surface area (Å²) in [5.41, 5.74) is 2.90. The van der Waals surface area contributed by atoms with E-state index in [-0.39, 0.29) is 11.7 Å². The van der Waals surface area contributed by atoms with E-state index in [4.69, 9.17) is 0 Å². The number of aryl methyl sites for hydroxylation is 2. The van der Waals surface area contributed by atoms with Gasteiger partial charge in [-0.25, -0.2) is 8.42 Å². The first kappa shape index (κ1) is 17.9. The van der Waals surface area contributed by atoms with Gasteiger partial charge in [0.25, 0.3) is 0 Å². The van der Waals surface area contributed by atoms with Crippen molar-refractivity contribution in [2.75, 3.05) is 15.8 Å². The Morgan fingerprint density at radius 1 is 1.12 bits per heavy atom. The normalized spacial score (nSPS) is 12.5. The molecule has 0 spiro atoms. The predicted octanol–water partition coefficient (Wildman–Crippen LogP) is 2.71. The van der Waals surface area contributed by atoms with Gasteiger partial charge in [-0.1, -0.05) is 24.6 Å². The van der Waals surface area contributed by atoms with E-state index in [2.05, 4.69) is 15.0 Å². The molecule has 7 heteroatoms. The second-order valence-electron chi connectivity index (χ2n) is 5.83. The number of carbonyl (C=O) groups is 1. The highest BCUT2D eigenvalue weighted by Crippen LogP contribution is 2.14. The Kier molecular flexibility index (Phi) is 5.56. The summed E-state index contributed by atoms with van der Waals surface area (Å²) in [6.07, 6.45) is 1.59. The molecule has 128 valence electrons. The molecule has 1 unspecified atom stereocenters. The van der Waals surface area contributed by atoms with E-state index < -0.39 is 15.9 Å². The molecule has 0 aliphatic carbocycles. The van der Waals surface area contributed by atoms with E-state index in [9.17, 15) is 13.2 Å². The van der Waals surface area contributed by atoms with E-state index in [0.717, 1.165) is 11.3 Å². The second kappa shape index (κ2) is 7.44. The number of carbonyl (C=O) groups excluding carboxylic acids is 1. The summed E-state index contributed by atoms with van der Waals surface area (Å²) < 4.78 is 26.9. The topological polar surface area (TPSA) is 88.2 Å². The Balaban J connectivity index is 1.97. The van der Waals surface area contributed by atoms with Crippen LogP contribution in [-0.4, -0.2) is 25.1 Å². The zero-order valence-corrected chi connectivity index (χ0v) is 14.7. The zero-order valence-electron chi connectivity index (χ0n) is 13.9. The molecule has 2 N–H and O–H groups in total. The van der Waals surface area contributed by atoms with Crippen molar-refractivity contribution in [2.24, 2.45) is 5.92 Å². The molecule has 24 heavy (non-hydrogen) atoms. The van der Waals surface area contributed by atoms with Crippen molar-refractivity contribution in [3.05, 3.63) is 53.9 Å². The van der Waals surface area contributed by atoms with Crippen LogP contribution in [0, 0.1) is 19.8 Å². The van der Waals surface area contributed by atoms with Crippen LogP contribution in [-0.2, 0) is 14.8 Å². The van der Waals surface area contributed by atoms with Crippen molar-refractivity contribution in [3.63, 3.8) is 0 Å². The van der Waals surface area contributed by atoms with E-state index in [0.29, 0.717) is 11.4 Å². The van der Waals surface area contributed by atoms with Gasteiger partial charge >= 0.3 is 0 Å². The summed E-state index contributed by atoms with van der Waals surface area (Å²) >= 11 is 0. The maximum absolute atomic E-state index is 12.2. The molecular formula is C17H21N3O3S. The summed E-state index contributed by atoms with van der Waals surface area (Å²) in [5, 5.41) is 2.71. The van der Waals surface area contributed by atoms with Crippen LogP contribution in [0.25, 0.3) is 0 Å². The molecule has 2 rings (SSSR count). The van der Waals surface area contributed by atoms with Crippen molar-refractivity contribution in [3.8, 4) is 0 Å². The lowest BCUT2D eigenvalue weighted by molar-refractivity contribution is -0.118. The average Bonchev–Trinajstić information content (AvgIpc) is 2.49. The van der Waals surface area contributed by atoms with Crippen molar-refractivity contribution in [1.29, 1.82) is 0 Å². The molecule has 1 aromatic heterocycles. The van der Waals surface area contributed by atoms with Crippen LogP contribution in [0.3, 0.4) is 0 Å². The molecule has 0 aliphatic heterocycles. The summed E-state index contributed by atoms with van der Waals surface area (Å²) in [6, 6.07) is 10.4. The number of hydrogen-bond donors (Lipinski definition) is 2. The lowest BCUT2D eigenvalue weighted by Gasteiger charge is -2.14. The Hall–Kier alpha value is -2.41. The molecule has 0 aliphatic rings. The van der Waals surface area contributed by atoms with Crippen LogP contribution in [0.1, 0.15) is 18.2 Å². The first-order valence-corrected chi connectivity index (χ1v) is 9.21. The molecule has 0 saturated heterocycles. The van der Waals surface area contributed by atoms with Crippen LogP contribution < -0.4 is 10.0 Å². The fraction of sp³-hybridized carbons (Fsp3) is 0.294. The molecular weight excluding hydrogens is 326 g/mol. The number of anilines is 2. The van der Waals surface area contributed by atoms with Gasteiger partial charge in [-0.2, -0.15) is 0 Å². The van der Waals surface area contributed by atoms with Gasteiger partial charge in [0.1, 0.15) is 0 Å². The van der Waals surface area contributed by atoms with E-state index in [1.807, 2.05) is 26.0 Å². The lowest BCUT2D eigenvalue weighted by atomic mass is 10.2. The van der Waals surface area contributed by atoms with E-state index in [1.165, 1.54) is 0 Å². The van der Waals surface area contributed by atoms with Gasteiger partial charge in [-0.15, -0.1) is 0 Å². The molecule has 6 nitrogen and oxygen atoms in total. The molecule has 1 aromatic carbocycles. The van der Waals surface area contributed by atoms with Gasteiger partial charge in [0.05, 0.1) is 11.7 Å². The third-order valence-electron chi connectivity index (χ3n) is 3.41. The van der Waals surface area contributed by atoms with Crippen LogP contribution in [0.2, 0.25) is 0 Å². The minimum Gasteiger partial charge on any atom is -0.326 e. The van der Waals surface area contributed by atoms with Crippen LogP contribution in [0.4, 0.5) is 11.4 Å². The fourth-order valence-corrected chi connectivity index (χ4v) is 3.52. The number of rotatable bonds is 6. The molecule has 1 heterocycles. The van der Waals surface area contributed by atoms with Gasteiger partial charge in [0.15, 0.2) is 0 Å². The van der Waals surface area contributed by atoms with E-state index >= 15 is 0 Å². The maximum atomic E-state index is 12.2. The Morgan fingerprint density at radius 3 is 2.42 bits per heavy atom. The van der Waals surface area contributed by atoms with Crippen LogP contribution in [0.5, 0.6) is 0 Å². The van der Waals surface area contributed by atoms with Gasteiger partial charge < -0.3 is 5.32 Å². The van der Waals surface area contributed by atoms with Gasteiger partial charge in [0.2, 0.25) is 15.9 Å². The standard InChI is InChI=1S/C17H21N3O3S/c1-12-4-6-15(7-5-12)20-24(22,23)11-13(2)17(21)19-16-8-9-18-14(3)10-16/h4-10,13,20H,11H2,1-3H3,(H,18,19,21). The predicted molar refractivity (Wildman–Crippen MR) is 95.4 cm³/mol. The average molecular weight is 347 g/mol. The highest BCUT2D eigenvalue weighted by molar-refractivity contribution is 7.92. The first-order chi connectivity index (χ1) is 11.2. The SMILES string of the molecule is Cc1ccc(NS(=O)(=O)CC(C)C(=O)Nc2ccnc(C)c2)cc1. The summed E-state index contributed by atoms with van der Waals surface area (Å²) in [5.74, 6) is -1.34. The molecule has 1 amide bonds. The zero-order chi connectivity index (χ0) is 17.7. The monoisotopic (exact) mass is 347 g/mol. The van der Waals surface area contributed by atoms with Gasteiger partial charge in [0, 0.05) is 23.3 Å². The van der Waals surface area contributed by atoms with Gasteiger partial charge in [-0.05, 0) is 38.1 Å². The van der Waals surface area contributed by atoms with E-state index in [1.54, 1.807) is 37.4 Å². The molecule has 0 bridgehead atoms. The molecule has 0 radical (unpaired) electrons. The van der Waals surface area contributed by atoms with Gasteiger partial charge in [-0.3, -0.25) is 14.5 Å². The lowest BCUT2D eigenvalue weighted by Crippen LogP contribution is -2.29. The number of pyridine rings is 1. The van der Waals surface area contributed by atoms with Crippen LogP contribution in [0.15, 0.2) is 42.6 Å². The third kappa shape index (κ3) is 5.34. The van der Waals surface area contributed by atoms with Crippen molar-refractivity contribution in [2.45, 2.75) is 20.8 Å². The molecule has 0 fully saturated rings. The first-order valence-electron chi connectivity index (χ1n) is 7.56. The minimum absolute atomic E-state index is 0.295. The maximum Gasteiger partial charge on any atom is 0.233 e. The molecule has 1 atom stereocenters. The largest absolute Gasteiger partial charge is 0.326 e. The fourth-order valence-electron chi connectivity index (χ4n) is 2.14. The number of hydrogen-bond acceptors (Lipinski definition) is 4. The molecule has 0 saturated carbocycles.